The van der Waals surface area contributed by atoms with Crippen LogP contribution in [0.3, 0.4) is 0 Å². The molecule has 0 heterocycles. The van der Waals surface area contributed by atoms with Gasteiger partial charge in [-0.25, -0.2) is 12.1 Å². The van der Waals surface area contributed by atoms with Gasteiger partial charge in [0.15, 0.2) is 0 Å². The van der Waals surface area contributed by atoms with Gasteiger partial charge in [0.1, 0.15) is 0 Å². The summed E-state index contributed by atoms with van der Waals surface area (Å²) in [6.07, 6.45) is 3.07. The van der Waals surface area contributed by atoms with Crippen LogP contribution in [0, 0.1) is 6.07 Å². The summed E-state index contributed by atoms with van der Waals surface area (Å²) in [6.45, 7) is 13.9. The zero-order valence-electron chi connectivity index (χ0n) is 40.2. The Morgan fingerprint density at radius 2 is 0.838 bits per heavy atom. The van der Waals surface area contributed by atoms with Crippen LogP contribution in [-0.4, -0.2) is 3.21 Å². The third-order valence-corrected chi connectivity index (χ3v) is 13.2. The van der Waals surface area contributed by atoms with Gasteiger partial charge in [0.05, 0.1) is 0 Å². The first-order chi connectivity index (χ1) is 31.9. The van der Waals surface area contributed by atoms with Gasteiger partial charge in [-0.2, -0.15) is 18.2 Å². The molecule has 0 aromatic heterocycles. The summed E-state index contributed by atoms with van der Waals surface area (Å²) in [7, 11) is 0. The van der Waals surface area contributed by atoms with Crippen molar-refractivity contribution in [3.05, 3.63) is 258 Å². The molecular weight excluding hydrogens is 943 g/mol. The van der Waals surface area contributed by atoms with Crippen LogP contribution in [0.25, 0.3) is 55.6 Å². The van der Waals surface area contributed by atoms with E-state index in [-0.39, 0.29) is 35.6 Å². The fourth-order valence-electron chi connectivity index (χ4n) is 8.87. The maximum Gasteiger partial charge on any atom is -0.172 e. The first kappa shape index (κ1) is 51.8. The van der Waals surface area contributed by atoms with Gasteiger partial charge in [-0.05, 0) is 39.5 Å². The topological polar surface area (TPSA) is 0 Å². The van der Waals surface area contributed by atoms with Crippen LogP contribution >= 0.6 is 0 Å². The largest absolute Gasteiger partial charge is 0.214 e. The van der Waals surface area contributed by atoms with Crippen LogP contribution in [0.2, 0.25) is 0 Å². The minimum absolute atomic E-state index is 0. The molecule has 9 aromatic rings. The molecule has 10 rings (SSSR count). The Balaban J connectivity index is 0.000000199. The van der Waals surface area contributed by atoms with E-state index in [0.29, 0.717) is 0 Å². The maximum absolute atomic E-state index is 3.88. The molecule has 9 aromatic carbocycles. The molecule has 1 aliphatic rings. The Labute approximate surface area is 434 Å². The number of rotatable bonds is 8. The van der Waals surface area contributed by atoms with Crippen molar-refractivity contribution in [2.75, 3.05) is 0 Å². The predicted octanol–water partition coefficient (Wildman–Crippen LogP) is 10.9. The standard InChI is InChI=1S/C33H33.C27H22.C5H5.2ClH.Zr/c1-32(2,3)30-20-26-24(18-28(30)22-13-9-7-10-14-22)17-25-19-29(23-15-11-8-12-16-23)31(21-27(25)26)33(4,5)6;1-3-10-24(11-4-1)26-18-14-22(15-19-26)8-7-9-23-16-20-27(21-17-23)25-12-5-2-6-13-25;1-2-4-5-3-1;;;/h7-16,18,20-21H,17H2,1-6H3;1-6,10-21H,8-9H2;1-5H;2*1H;/q-1;;-1;;;+2/p-2. The second-order valence-electron chi connectivity index (χ2n) is 19.5. The molecule has 0 saturated heterocycles. The van der Waals surface area contributed by atoms with Gasteiger partial charge in [-0.15, -0.1) is 28.8 Å². The van der Waals surface area contributed by atoms with Crippen molar-refractivity contribution < 1.29 is 49.0 Å². The first-order valence-electron chi connectivity index (χ1n) is 23.3. The summed E-state index contributed by atoms with van der Waals surface area (Å²) >= 11 is 1.52. The molecule has 0 atom stereocenters. The van der Waals surface area contributed by atoms with Gasteiger partial charge in [0.25, 0.3) is 0 Å². The maximum atomic E-state index is 3.88. The first-order valence-corrected chi connectivity index (χ1v) is 24.5. The van der Waals surface area contributed by atoms with Crippen LogP contribution in [0.5, 0.6) is 0 Å². The molecule has 0 spiro atoms. The van der Waals surface area contributed by atoms with Crippen LogP contribution in [-0.2, 0) is 54.3 Å². The normalized spacial score (nSPS) is 11.3. The Hall–Kier alpha value is -5.56. The molecule has 0 amide bonds. The smallest absolute Gasteiger partial charge is 0.172 e. The molecule has 0 radical (unpaired) electrons. The molecule has 0 N–H and O–H groups in total. The zero-order valence-corrected chi connectivity index (χ0v) is 44.1. The van der Waals surface area contributed by atoms with Gasteiger partial charge in [0, 0.05) is 0 Å². The molecule has 0 bridgehead atoms. The molecular formula is C65H60Cl2Zr-2. The van der Waals surface area contributed by atoms with E-state index in [1.54, 1.807) is 3.21 Å². The van der Waals surface area contributed by atoms with E-state index >= 15 is 0 Å². The quantitative estimate of drug-likeness (QED) is 0.133. The van der Waals surface area contributed by atoms with Crippen LogP contribution in [0.4, 0.5) is 0 Å². The molecule has 68 heavy (non-hydrogen) atoms. The van der Waals surface area contributed by atoms with Crippen LogP contribution in [0.1, 0.15) is 74.9 Å². The monoisotopic (exact) mass is 1000 g/mol. The van der Waals surface area contributed by atoms with Gasteiger partial charge < -0.3 is 24.8 Å². The molecule has 0 nitrogen and oxygen atoms in total. The average Bonchev–Trinajstić information content (AvgIpc) is 4.04. The van der Waals surface area contributed by atoms with Crippen molar-refractivity contribution in [2.45, 2.75) is 71.6 Å². The summed E-state index contributed by atoms with van der Waals surface area (Å²) in [5, 5.41) is 0. The van der Waals surface area contributed by atoms with Crippen molar-refractivity contribution >= 4 is 3.21 Å². The third kappa shape index (κ3) is 13.1. The number of halogens is 2. The van der Waals surface area contributed by atoms with Gasteiger partial charge in [-0.1, -0.05) is 131 Å². The summed E-state index contributed by atoms with van der Waals surface area (Å²) in [5.41, 5.74) is 21.4. The minimum atomic E-state index is 0. The zero-order chi connectivity index (χ0) is 46.1. The number of benzene rings is 8. The van der Waals surface area contributed by atoms with Crippen molar-refractivity contribution in [1.82, 2.24) is 0 Å². The van der Waals surface area contributed by atoms with Gasteiger partial charge in [0.2, 0.25) is 0 Å². The summed E-state index contributed by atoms with van der Waals surface area (Å²) in [4.78, 5) is 0. The van der Waals surface area contributed by atoms with E-state index in [4.69, 9.17) is 0 Å². The Morgan fingerprint density at radius 3 is 1.25 bits per heavy atom. The Kier molecular flexibility index (Phi) is 18.0. The van der Waals surface area contributed by atoms with E-state index in [0.717, 1.165) is 19.3 Å². The van der Waals surface area contributed by atoms with E-state index < -0.39 is 0 Å². The number of hydrogen-bond acceptors (Lipinski definition) is 0. The van der Waals surface area contributed by atoms with Crippen molar-refractivity contribution in [2.24, 2.45) is 0 Å². The minimum Gasteiger partial charge on any atom is -0.214 e. The molecule has 1 aliphatic carbocycles. The van der Waals surface area contributed by atoms with Crippen molar-refractivity contribution in [3.8, 4) is 55.6 Å². The second-order valence-corrected chi connectivity index (χ2v) is 21.2. The molecule has 0 aliphatic heterocycles. The summed E-state index contributed by atoms with van der Waals surface area (Å²) < 4.78 is 1.58. The van der Waals surface area contributed by atoms with E-state index in [9.17, 15) is 0 Å². The van der Waals surface area contributed by atoms with Crippen molar-refractivity contribution in [1.29, 1.82) is 0 Å². The van der Waals surface area contributed by atoms with Gasteiger partial charge >= 0.3 is 183 Å². The number of hydrogen-bond donors (Lipinski definition) is 0. The van der Waals surface area contributed by atoms with Crippen molar-refractivity contribution in [3.63, 3.8) is 0 Å². The van der Waals surface area contributed by atoms with Gasteiger partial charge in [-0.3, -0.25) is 0 Å². The van der Waals surface area contributed by atoms with E-state index in [1.807, 2.05) is 30.3 Å². The Bertz CT molecular complexity index is 2750. The molecule has 0 saturated carbocycles. The summed E-state index contributed by atoms with van der Waals surface area (Å²) in [6, 6.07) is 82.0. The van der Waals surface area contributed by atoms with E-state index in [1.165, 1.54) is 113 Å². The molecule has 0 unspecified atom stereocenters. The van der Waals surface area contributed by atoms with E-state index in [2.05, 4.69) is 236 Å². The Morgan fingerprint density at radius 1 is 0.441 bits per heavy atom. The SMILES string of the molecule is CC(C)(C)c1cc2c([c-]c1-c1ccccc1)Cc1cc(-c3ccccc3)c(C(C)(C)C)cc1-2.[Cl-].[Cl-].[Zr+2]=[C](Cc1ccc(-c2ccccc2)cc1)Cc1ccc(-c2ccccc2)cc1.c1cc[cH-]c1. The second kappa shape index (κ2) is 23.6. The number of fused-ring (bicyclic) bond motifs is 3. The fourth-order valence-corrected chi connectivity index (χ4v) is 9.87. The molecule has 3 heteroatoms. The average molecular weight is 1000 g/mol. The molecule has 0 fully saturated rings. The van der Waals surface area contributed by atoms with Crippen LogP contribution in [0.15, 0.2) is 218 Å². The predicted molar refractivity (Wildman–Crippen MR) is 280 cm³/mol. The third-order valence-electron chi connectivity index (χ3n) is 12.3. The summed E-state index contributed by atoms with van der Waals surface area (Å²) in [5.74, 6) is 0. The molecule has 340 valence electrons. The van der Waals surface area contributed by atoms with Crippen LogP contribution < -0.4 is 24.8 Å². The fraction of sp³-hybridized carbons (Fsp3) is 0.169.